The minimum atomic E-state index is -0.223. The van der Waals surface area contributed by atoms with E-state index in [-0.39, 0.29) is 5.91 Å². The largest absolute Gasteiger partial charge is 0.397 e. The second kappa shape index (κ2) is 7.11. The second-order valence-electron chi connectivity index (χ2n) is 7.07. The molecule has 0 spiro atoms. The number of hydrogen-bond acceptors (Lipinski definition) is 5. The molecule has 0 fully saturated rings. The van der Waals surface area contributed by atoms with E-state index in [4.69, 9.17) is 22.3 Å². The molecule has 3 heterocycles. The molecule has 0 unspecified atom stereocenters. The van der Waals surface area contributed by atoms with Crippen LogP contribution < -0.4 is 11.1 Å². The van der Waals surface area contributed by atoms with E-state index in [0.29, 0.717) is 27.3 Å². The summed E-state index contributed by atoms with van der Waals surface area (Å²) < 4.78 is 0. The van der Waals surface area contributed by atoms with Gasteiger partial charge in [0.1, 0.15) is 9.71 Å². The molecule has 0 saturated carbocycles. The van der Waals surface area contributed by atoms with Crippen molar-refractivity contribution >= 4 is 50.4 Å². The van der Waals surface area contributed by atoms with Gasteiger partial charge in [-0.1, -0.05) is 11.6 Å². The van der Waals surface area contributed by atoms with Crippen molar-refractivity contribution in [2.75, 3.05) is 17.6 Å². The highest BCUT2D eigenvalue weighted by Crippen LogP contribution is 2.35. The molecule has 2 aromatic heterocycles. The maximum Gasteiger partial charge on any atom is 0.267 e. The van der Waals surface area contributed by atoms with Crippen LogP contribution >= 0.6 is 22.9 Å². The fourth-order valence-electron chi connectivity index (χ4n) is 3.35. The van der Waals surface area contributed by atoms with Crippen molar-refractivity contribution in [3.05, 3.63) is 51.5 Å². The van der Waals surface area contributed by atoms with Crippen LogP contribution in [0.1, 0.15) is 34.8 Å². The fourth-order valence-corrected chi connectivity index (χ4v) is 4.47. The SMILES string of the molecule is CC(C)N1CCc2nc3sc(C(=O)Nc4ccc(Cl)cc4)c(N)c3cc2C1. The number of aromatic nitrogens is 1. The van der Waals surface area contributed by atoms with E-state index in [0.717, 1.165) is 35.4 Å². The summed E-state index contributed by atoms with van der Waals surface area (Å²) in [7, 11) is 0. The summed E-state index contributed by atoms with van der Waals surface area (Å²) in [6.45, 7) is 6.29. The van der Waals surface area contributed by atoms with Gasteiger partial charge in [0.05, 0.1) is 5.69 Å². The molecule has 0 bridgehead atoms. The zero-order valence-electron chi connectivity index (χ0n) is 15.3. The summed E-state index contributed by atoms with van der Waals surface area (Å²) in [5.41, 5.74) is 9.82. The van der Waals surface area contributed by atoms with Crippen LogP contribution in [0, 0.1) is 0 Å². The third-order valence-corrected chi connectivity index (χ3v) is 6.30. The molecule has 0 saturated heterocycles. The molecule has 7 heteroatoms. The monoisotopic (exact) mass is 400 g/mol. The highest BCUT2D eigenvalue weighted by atomic mass is 35.5. The summed E-state index contributed by atoms with van der Waals surface area (Å²) in [4.78, 5) is 21.3. The van der Waals surface area contributed by atoms with Gasteiger partial charge >= 0.3 is 0 Å². The Bertz CT molecular complexity index is 1010. The number of pyridine rings is 1. The number of hydrogen-bond donors (Lipinski definition) is 2. The molecule has 1 aromatic carbocycles. The number of nitrogens with zero attached hydrogens (tertiary/aromatic N) is 2. The van der Waals surface area contributed by atoms with E-state index in [9.17, 15) is 4.79 Å². The Balaban J connectivity index is 1.66. The molecule has 27 heavy (non-hydrogen) atoms. The average Bonchev–Trinajstić information content (AvgIpc) is 2.97. The number of nitrogens with one attached hydrogen (secondary N) is 1. The number of rotatable bonds is 3. The molecule has 0 aliphatic carbocycles. The van der Waals surface area contributed by atoms with Crippen LogP contribution in [0.4, 0.5) is 11.4 Å². The Hall–Kier alpha value is -2.15. The van der Waals surface area contributed by atoms with Gasteiger partial charge in [-0.05, 0) is 49.7 Å². The van der Waals surface area contributed by atoms with Crippen molar-refractivity contribution in [3.8, 4) is 0 Å². The average molecular weight is 401 g/mol. The summed E-state index contributed by atoms with van der Waals surface area (Å²) >= 11 is 7.24. The Kier molecular flexibility index (Phi) is 4.80. The van der Waals surface area contributed by atoms with Gasteiger partial charge in [0.2, 0.25) is 0 Å². The van der Waals surface area contributed by atoms with E-state index in [2.05, 4.69) is 30.1 Å². The predicted octanol–water partition coefficient (Wildman–Crippen LogP) is 4.55. The molecule has 0 atom stereocenters. The molecule has 0 radical (unpaired) electrons. The standard InChI is InChI=1S/C20H21ClN4OS/c1-11(2)25-8-7-16-12(10-25)9-15-17(22)18(27-20(15)24-16)19(26)23-14-5-3-13(21)4-6-14/h3-6,9,11H,7-8,10,22H2,1-2H3,(H,23,26). The zero-order chi connectivity index (χ0) is 19.1. The minimum Gasteiger partial charge on any atom is -0.397 e. The summed E-state index contributed by atoms with van der Waals surface area (Å²) in [6, 6.07) is 9.61. The normalized spacial score (nSPS) is 14.5. The molecule has 3 aromatic rings. The zero-order valence-corrected chi connectivity index (χ0v) is 16.8. The van der Waals surface area contributed by atoms with Gasteiger partial charge in [0.25, 0.3) is 5.91 Å². The Morgan fingerprint density at radius 2 is 2.07 bits per heavy atom. The molecule has 140 valence electrons. The minimum absolute atomic E-state index is 0.223. The van der Waals surface area contributed by atoms with E-state index in [1.54, 1.807) is 24.3 Å². The van der Waals surface area contributed by atoms with Gasteiger partial charge in [0.15, 0.2) is 0 Å². The molecule has 5 nitrogen and oxygen atoms in total. The van der Waals surface area contributed by atoms with Crippen molar-refractivity contribution in [2.24, 2.45) is 0 Å². The van der Waals surface area contributed by atoms with E-state index >= 15 is 0 Å². The van der Waals surface area contributed by atoms with Gasteiger partial charge in [-0.25, -0.2) is 4.98 Å². The first-order valence-electron chi connectivity index (χ1n) is 8.94. The molecule has 1 amide bonds. The molecular formula is C20H21ClN4OS. The van der Waals surface area contributed by atoms with Gasteiger partial charge in [-0.2, -0.15) is 0 Å². The van der Waals surface area contributed by atoms with Crippen LogP contribution in [0.5, 0.6) is 0 Å². The number of halogens is 1. The van der Waals surface area contributed by atoms with Gasteiger partial charge < -0.3 is 11.1 Å². The molecule has 4 rings (SSSR count). The summed E-state index contributed by atoms with van der Waals surface area (Å²) in [5, 5.41) is 4.37. The third kappa shape index (κ3) is 3.52. The van der Waals surface area contributed by atoms with Crippen molar-refractivity contribution in [2.45, 2.75) is 32.9 Å². The first kappa shape index (κ1) is 18.2. The number of carbonyl (C=O) groups excluding carboxylic acids is 1. The topological polar surface area (TPSA) is 71.2 Å². The van der Waals surface area contributed by atoms with E-state index < -0.39 is 0 Å². The smallest absolute Gasteiger partial charge is 0.267 e. The number of benzene rings is 1. The Labute approximate surface area is 167 Å². The molecule has 3 N–H and O–H groups in total. The molecule has 1 aliphatic heterocycles. The highest BCUT2D eigenvalue weighted by Gasteiger charge is 2.23. The van der Waals surface area contributed by atoms with Crippen LogP contribution in [0.15, 0.2) is 30.3 Å². The fraction of sp³-hybridized carbons (Fsp3) is 0.300. The van der Waals surface area contributed by atoms with Crippen LogP contribution in [0.3, 0.4) is 0 Å². The van der Waals surface area contributed by atoms with Gasteiger partial charge in [-0.15, -0.1) is 11.3 Å². The highest BCUT2D eigenvalue weighted by molar-refractivity contribution is 7.21. The lowest BCUT2D eigenvalue weighted by molar-refractivity contribution is 0.103. The first-order chi connectivity index (χ1) is 12.9. The maximum atomic E-state index is 12.7. The Morgan fingerprint density at radius 3 is 2.78 bits per heavy atom. The number of nitrogens with two attached hydrogens (primary N) is 1. The lowest BCUT2D eigenvalue weighted by Gasteiger charge is -2.31. The summed E-state index contributed by atoms with van der Waals surface area (Å²) in [6.07, 6.45) is 0.924. The lowest BCUT2D eigenvalue weighted by atomic mass is 10.0. The van der Waals surface area contributed by atoms with E-state index in [1.165, 1.54) is 16.9 Å². The summed E-state index contributed by atoms with van der Waals surface area (Å²) in [5.74, 6) is -0.223. The van der Waals surface area contributed by atoms with Crippen molar-refractivity contribution in [1.29, 1.82) is 0 Å². The molecular weight excluding hydrogens is 380 g/mol. The van der Waals surface area contributed by atoms with Gasteiger partial charge in [-0.3, -0.25) is 9.69 Å². The maximum absolute atomic E-state index is 12.7. The first-order valence-corrected chi connectivity index (χ1v) is 10.1. The number of carbonyl (C=O) groups is 1. The second-order valence-corrected chi connectivity index (χ2v) is 8.50. The quantitative estimate of drug-likeness (QED) is 0.676. The van der Waals surface area contributed by atoms with Crippen molar-refractivity contribution in [3.63, 3.8) is 0 Å². The number of thiophene rings is 1. The molecule has 1 aliphatic rings. The number of anilines is 2. The van der Waals surface area contributed by atoms with Crippen LogP contribution in [0.2, 0.25) is 5.02 Å². The van der Waals surface area contributed by atoms with Gasteiger partial charge in [0, 0.05) is 47.3 Å². The predicted molar refractivity (Wildman–Crippen MR) is 113 cm³/mol. The van der Waals surface area contributed by atoms with Crippen LogP contribution in [-0.2, 0) is 13.0 Å². The number of amides is 1. The number of nitrogen functional groups attached to an aromatic ring is 1. The Morgan fingerprint density at radius 1 is 1.33 bits per heavy atom. The lowest BCUT2D eigenvalue weighted by Crippen LogP contribution is -2.36. The van der Waals surface area contributed by atoms with Crippen LogP contribution in [-0.4, -0.2) is 28.4 Å². The van der Waals surface area contributed by atoms with Crippen LogP contribution in [0.25, 0.3) is 10.2 Å². The number of fused-ring (bicyclic) bond motifs is 2. The third-order valence-electron chi connectivity index (χ3n) is 4.94. The van der Waals surface area contributed by atoms with E-state index in [1.807, 2.05) is 0 Å². The van der Waals surface area contributed by atoms with Crippen molar-refractivity contribution in [1.82, 2.24) is 9.88 Å². The van der Waals surface area contributed by atoms with Crippen molar-refractivity contribution < 1.29 is 4.79 Å².